The molecule has 2 aromatic carbocycles. The Hall–Kier alpha value is -2.92. The summed E-state index contributed by atoms with van der Waals surface area (Å²) in [6.45, 7) is 4.02. The van der Waals surface area contributed by atoms with Gasteiger partial charge < -0.3 is 4.57 Å². The van der Waals surface area contributed by atoms with E-state index in [4.69, 9.17) is 11.6 Å². The van der Waals surface area contributed by atoms with Crippen LogP contribution >= 0.6 is 11.6 Å². The number of hydrogen-bond acceptors (Lipinski definition) is 3. The molecule has 0 saturated carbocycles. The first-order chi connectivity index (χ1) is 12.0. The van der Waals surface area contributed by atoms with Crippen molar-refractivity contribution in [3.63, 3.8) is 0 Å². The molecule has 0 bridgehead atoms. The van der Waals surface area contributed by atoms with Gasteiger partial charge in [0.2, 0.25) is 0 Å². The van der Waals surface area contributed by atoms with Crippen LogP contribution in [0.25, 0.3) is 5.69 Å². The minimum absolute atomic E-state index is 0.0269. The van der Waals surface area contributed by atoms with Gasteiger partial charge in [-0.05, 0) is 44.2 Å². The van der Waals surface area contributed by atoms with E-state index in [0.29, 0.717) is 10.7 Å². The Balaban J connectivity index is 1.96. The van der Waals surface area contributed by atoms with Crippen LogP contribution in [0.1, 0.15) is 17.0 Å². The van der Waals surface area contributed by atoms with Gasteiger partial charge in [-0.3, -0.25) is 15.1 Å². The van der Waals surface area contributed by atoms with E-state index >= 15 is 0 Å². The van der Waals surface area contributed by atoms with E-state index in [1.807, 2.05) is 44.2 Å². The zero-order valence-corrected chi connectivity index (χ0v) is 14.6. The number of aryl methyl sites for hydroxylation is 1. The van der Waals surface area contributed by atoms with Crippen LogP contribution in [0.15, 0.2) is 59.6 Å². The third-order valence-electron chi connectivity index (χ3n) is 3.93. The van der Waals surface area contributed by atoms with Crippen molar-refractivity contribution in [2.24, 2.45) is 4.99 Å². The van der Waals surface area contributed by atoms with E-state index < -0.39 is 4.92 Å². The molecule has 0 radical (unpaired) electrons. The fraction of sp³-hybridized carbons (Fsp3) is 0.105. The Labute approximate surface area is 150 Å². The molecule has 0 N–H and O–H groups in total. The smallest absolute Gasteiger partial charge is 0.271 e. The third kappa shape index (κ3) is 3.61. The molecule has 126 valence electrons. The quantitative estimate of drug-likeness (QED) is 0.358. The number of non-ortho nitro benzene ring substituents is 1. The average Bonchev–Trinajstić information content (AvgIpc) is 2.87. The lowest BCUT2D eigenvalue weighted by Gasteiger charge is -2.09. The van der Waals surface area contributed by atoms with Crippen molar-refractivity contribution >= 4 is 29.2 Å². The lowest BCUT2D eigenvalue weighted by atomic mass is 10.2. The molecule has 0 amide bonds. The van der Waals surface area contributed by atoms with Gasteiger partial charge in [0, 0.05) is 46.0 Å². The molecular weight excluding hydrogens is 338 g/mol. The van der Waals surface area contributed by atoms with Crippen molar-refractivity contribution < 1.29 is 4.92 Å². The molecular formula is C19H16ClN3O2. The van der Waals surface area contributed by atoms with Gasteiger partial charge in [-0.15, -0.1) is 0 Å². The van der Waals surface area contributed by atoms with Crippen molar-refractivity contribution in [3.05, 3.63) is 86.7 Å². The maximum atomic E-state index is 10.9. The highest BCUT2D eigenvalue weighted by Gasteiger charge is 2.10. The predicted octanol–water partition coefficient (Wildman–Crippen LogP) is 5.41. The fourth-order valence-electron chi connectivity index (χ4n) is 2.76. The number of halogens is 1. The van der Waals surface area contributed by atoms with Crippen molar-refractivity contribution in [3.8, 4) is 5.69 Å². The van der Waals surface area contributed by atoms with E-state index in [1.165, 1.54) is 12.1 Å². The number of aliphatic imine (C=N–C) groups is 1. The van der Waals surface area contributed by atoms with Crippen LogP contribution in [-0.4, -0.2) is 15.7 Å². The minimum atomic E-state index is -0.427. The fourth-order valence-corrected chi connectivity index (χ4v) is 2.95. The molecule has 6 heteroatoms. The van der Waals surface area contributed by atoms with E-state index in [-0.39, 0.29) is 5.69 Å². The van der Waals surface area contributed by atoms with Gasteiger partial charge in [0.1, 0.15) is 0 Å². The zero-order valence-electron chi connectivity index (χ0n) is 13.8. The van der Waals surface area contributed by atoms with Gasteiger partial charge >= 0.3 is 0 Å². The molecule has 0 aliphatic heterocycles. The molecule has 0 aliphatic rings. The van der Waals surface area contributed by atoms with E-state index in [1.54, 1.807) is 18.3 Å². The first kappa shape index (κ1) is 16.9. The van der Waals surface area contributed by atoms with Crippen LogP contribution in [-0.2, 0) is 0 Å². The Morgan fingerprint density at radius 1 is 1.12 bits per heavy atom. The van der Waals surface area contributed by atoms with Crippen molar-refractivity contribution in [2.45, 2.75) is 13.8 Å². The van der Waals surface area contributed by atoms with Crippen LogP contribution in [0.2, 0.25) is 5.02 Å². The molecule has 1 heterocycles. The summed E-state index contributed by atoms with van der Waals surface area (Å²) in [7, 11) is 0. The standard InChI is InChI=1S/C19H16ClN3O2/c1-13-9-15(12-21-17-6-4-8-19(11-17)23(24)25)14(2)22(13)18-7-3-5-16(20)10-18/h3-12H,1-2H3. The summed E-state index contributed by atoms with van der Waals surface area (Å²) >= 11 is 6.09. The maximum Gasteiger partial charge on any atom is 0.271 e. The van der Waals surface area contributed by atoms with Crippen LogP contribution in [0.5, 0.6) is 0 Å². The molecule has 0 atom stereocenters. The maximum absolute atomic E-state index is 10.9. The highest BCUT2D eigenvalue weighted by atomic mass is 35.5. The van der Waals surface area contributed by atoms with E-state index in [2.05, 4.69) is 9.56 Å². The number of nitro benzene ring substituents is 1. The number of hydrogen-bond donors (Lipinski definition) is 0. The summed E-state index contributed by atoms with van der Waals surface area (Å²) in [6, 6.07) is 15.9. The molecule has 0 spiro atoms. The van der Waals surface area contributed by atoms with Gasteiger partial charge in [0.05, 0.1) is 10.6 Å². The summed E-state index contributed by atoms with van der Waals surface area (Å²) in [4.78, 5) is 14.8. The van der Waals surface area contributed by atoms with Crippen molar-refractivity contribution in [1.82, 2.24) is 4.57 Å². The van der Waals surface area contributed by atoms with Crippen LogP contribution in [0.3, 0.4) is 0 Å². The molecule has 1 aromatic heterocycles. The Morgan fingerprint density at radius 3 is 2.60 bits per heavy atom. The van der Waals surface area contributed by atoms with Gasteiger partial charge in [-0.25, -0.2) is 0 Å². The topological polar surface area (TPSA) is 60.4 Å². The first-order valence-corrected chi connectivity index (χ1v) is 8.07. The lowest BCUT2D eigenvalue weighted by molar-refractivity contribution is -0.384. The van der Waals surface area contributed by atoms with Gasteiger partial charge in [-0.1, -0.05) is 23.7 Å². The second-order valence-corrected chi connectivity index (χ2v) is 6.11. The number of rotatable bonds is 4. The highest BCUT2D eigenvalue weighted by Crippen LogP contribution is 2.24. The molecule has 0 fully saturated rings. The molecule has 3 rings (SSSR count). The molecule has 0 aliphatic carbocycles. The largest absolute Gasteiger partial charge is 0.318 e. The summed E-state index contributed by atoms with van der Waals surface area (Å²) < 4.78 is 2.10. The van der Waals surface area contributed by atoms with Gasteiger partial charge in [0.25, 0.3) is 5.69 Å². The summed E-state index contributed by atoms with van der Waals surface area (Å²) in [5.74, 6) is 0. The number of nitro groups is 1. The summed E-state index contributed by atoms with van der Waals surface area (Å²) in [6.07, 6.45) is 1.72. The van der Waals surface area contributed by atoms with Gasteiger partial charge in [0.15, 0.2) is 0 Å². The minimum Gasteiger partial charge on any atom is -0.318 e. The zero-order chi connectivity index (χ0) is 18.0. The highest BCUT2D eigenvalue weighted by molar-refractivity contribution is 6.30. The number of nitrogens with zero attached hydrogens (tertiary/aromatic N) is 3. The predicted molar refractivity (Wildman–Crippen MR) is 101 cm³/mol. The molecule has 5 nitrogen and oxygen atoms in total. The van der Waals surface area contributed by atoms with E-state index in [9.17, 15) is 10.1 Å². The summed E-state index contributed by atoms with van der Waals surface area (Å²) in [5.41, 5.74) is 4.58. The monoisotopic (exact) mass is 353 g/mol. The number of benzene rings is 2. The van der Waals surface area contributed by atoms with Crippen molar-refractivity contribution in [1.29, 1.82) is 0 Å². The first-order valence-electron chi connectivity index (χ1n) is 7.69. The van der Waals surface area contributed by atoms with Crippen LogP contribution in [0.4, 0.5) is 11.4 Å². The van der Waals surface area contributed by atoms with Crippen LogP contribution < -0.4 is 0 Å². The number of aromatic nitrogens is 1. The average molecular weight is 354 g/mol. The van der Waals surface area contributed by atoms with Crippen LogP contribution in [0, 0.1) is 24.0 Å². The summed E-state index contributed by atoms with van der Waals surface area (Å²) in [5, 5.41) is 11.5. The Morgan fingerprint density at radius 2 is 1.88 bits per heavy atom. The SMILES string of the molecule is Cc1cc(C=Nc2cccc([N+](=O)[O-])c2)c(C)n1-c1cccc(Cl)c1. The molecule has 0 saturated heterocycles. The molecule has 3 aromatic rings. The van der Waals surface area contributed by atoms with Crippen molar-refractivity contribution in [2.75, 3.05) is 0 Å². The Bertz CT molecular complexity index is 977. The second-order valence-electron chi connectivity index (χ2n) is 5.68. The molecule has 25 heavy (non-hydrogen) atoms. The lowest BCUT2D eigenvalue weighted by Crippen LogP contribution is -1.99. The van der Waals surface area contributed by atoms with E-state index in [0.717, 1.165) is 22.6 Å². The molecule has 0 unspecified atom stereocenters. The normalized spacial score (nSPS) is 11.2. The third-order valence-corrected chi connectivity index (χ3v) is 4.17. The van der Waals surface area contributed by atoms with Gasteiger partial charge in [-0.2, -0.15) is 0 Å². The Kier molecular flexibility index (Phi) is 4.67. The second kappa shape index (κ2) is 6.91.